The Balaban J connectivity index is 1.41. The molecule has 0 aromatic heterocycles. The normalized spacial score (nSPS) is 23.9. The number of sulfonamides is 1. The maximum absolute atomic E-state index is 16.3. The molecule has 3 atom stereocenters. The van der Waals surface area contributed by atoms with E-state index in [9.17, 15) is 13.2 Å². The van der Waals surface area contributed by atoms with Crippen molar-refractivity contribution in [1.29, 1.82) is 0 Å². The summed E-state index contributed by atoms with van der Waals surface area (Å²) in [4.78, 5) is 15.1. The third-order valence-corrected chi connectivity index (χ3v) is 10.5. The first-order chi connectivity index (χ1) is 20.0. The highest BCUT2D eigenvalue weighted by Gasteiger charge is 2.53. The Morgan fingerprint density at radius 3 is 2.33 bits per heavy atom. The zero-order valence-corrected chi connectivity index (χ0v) is 25.2. The molecule has 3 fully saturated rings. The van der Waals surface area contributed by atoms with Crippen LogP contribution in [-0.4, -0.2) is 57.1 Å². The van der Waals surface area contributed by atoms with Crippen molar-refractivity contribution in [2.45, 2.75) is 92.8 Å². The lowest BCUT2D eigenvalue weighted by Crippen LogP contribution is -2.60. The molecule has 42 heavy (non-hydrogen) atoms. The summed E-state index contributed by atoms with van der Waals surface area (Å²) in [7, 11) is -3.27. The first kappa shape index (κ1) is 31.0. The Hall–Kier alpha value is -2.47. The molecule has 3 N–H and O–H groups in total. The van der Waals surface area contributed by atoms with Gasteiger partial charge in [0.2, 0.25) is 15.9 Å². The number of halogens is 3. The molecule has 3 unspecified atom stereocenters. The Bertz CT molecular complexity index is 1360. The summed E-state index contributed by atoms with van der Waals surface area (Å²) in [5.41, 5.74) is 5.54. The van der Waals surface area contributed by atoms with E-state index in [4.69, 9.17) is 26.8 Å². The van der Waals surface area contributed by atoms with Gasteiger partial charge in [-0.2, -0.15) is 13.5 Å². The van der Waals surface area contributed by atoms with Gasteiger partial charge in [0.1, 0.15) is 11.5 Å². The van der Waals surface area contributed by atoms with Crippen molar-refractivity contribution >= 4 is 27.5 Å². The molecule has 2 heterocycles. The van der Waals surface area contributed by atoms with Crippen LogP contribution in [0.2, 0.25) is 5.02 Å². The summed E-state index contributed by atoms with van der Waals surface area (Å²) in [6.45, 7) is 0.541. The molecule has 2 saturated heterocycles. The minimum atomic E-state index is -4.55. The molecular formula is C30H38ClF2N3O5S. The molecule has 1 aliphatic carbocycles. The highest BCUT2D eigenvalue weighted by atomic mass is 35.5. The maximum Gasteiger partial charge on any atom is 0.298 e. The Kier molecular flexibility index (Phi) is 9.32. The molecule has 2 bridgehead atoms. The third-order valence-electron chi connectivity index (χ3n) is 8.79. The molecule has 1 amide bonds. The van der Waals surface area contributed by atoms with Crippen molar-refractivity contribution in [1.82, 2.24) is 9.62 Å². The second-order valence-corrected chi connectivity index (χ2v) is 13.8. The monoisotopic (exact) mass is 625 g/mol. The number of carbonyl (C=O) groups excluding carboxylic acids is 1. The van der Waals surface area contributed by atoms with E-state index >= 15 is 8.78 Å². The van der Waals surface area contributed by atoms with E-state index in [2.05, 4.69) is 4.72 Å². The van der Waals surface area contributed by atoms with Gasteiger partial charge in [-0.1, -0.05) is 36.9 Å². The second kappa shape index (κ2) is 12.6. The minimum Gasteiger partial charge on any atom is -0.495 e. The fourth-order valence-corrected chi connectivity index (χ4v) is 7.93. The molecule has 2 aromatic rings. The molecule has 0 spiro atoms. The van der Waals surface area contributed by atoms with E-state index in [1.54, 1.807) is 0 Å². The van der Waals surface area contributed by atoms with Crippen molar-refractivity contribution in [2.24, 2.45) is 11.7 Å². The Morgan fingerprint density at radius 2 is 1.71 bits per heavy atom. The van der Waals surface area contributed by atoms with Crippen LogP contribution in [0, 0.1) is 5.92 Å². The summed E-state index contributed by atoms with van der Waals surface area (Å²) >= 11 is 6.06. The smallest absolute Gasteiger partial charge is 0.298 e. The van der Waals surface area contributed by atoms with Crippen LogP contribution < -0.4 is 19.9 Å². The van der Waals surface area contributed by atoms with Gasteiger partial charge in [0.15, 0.2) is 6.04 Å². The summed E-state index contributed by atoms with van der Waals surface area (Å²) in [5.74, 6) is -3.99. The van der Waals surface area contributed by atoms with Crippen LogP contribution in [0.15, 0.2) is 47.4 Å². The summed E-state index contributed by atoms with van der Waals surface area (Å²) in [6, 6.07) is 5.73. The number of benzene rings is 2. The number of piperidine rings is 1. The van der Waals surface area contributed by atoms with Crippen LogP contribution in [0.4, 0.5) is 8.78 Å². The topological polar surface area (TPSA) is 111 Å². The molecule has 8 nitrogen and oxygen atoms in total. The van der Waals surface area contributed by atoms with Crippen molar-refractivity contribution < 1.29 is 31.5 Å². The van der Waals surface area contributed by atoms with E-state index in [1.165, 1.54) is 61.6 Å². The van der Waals surface area contributed by atoms with Crippen molar-refractivity contribution in [3.8, 4) is 11.5 Å². The van der Waals surface area contributed by atoms with Crippen LogP contribution in [0.25, 0.3) is 0 Å². The lowest BCUT2D eigenvalue weighted by atomic mass is 9.90. The number of hydrogen-bond acceptors (Lipinski definition) is 6. The summed E-state index contributed by atoms with van der Waals surface area (Å²) in [5, 5.41) is 0.106. The van der Waals surface area contributed by atoms with E-state index in [0.717, 1.165) is 25.0 Å². The van der Waals surface area contributed by atoms with Crippen molar-refractivity contribution in [3.63, 3.8) is 0 Å². The summed E-state index contributed by atoms with van der Waals surface area (Å²) in [6.07, 6.45) is 8.00. The number of alkyl halides is 2. The van der Waals surface area contributed by atoms with Crippen molar-refractivity contribution in [2.75, 3.05) is 13.7 Å². The van der Waals surface area contributed by atoms with Crippen LogP contribution in [0.1, 0.15) is 63.4 Å². The Labute approximate surface area is 250 Å². The van der Waals surface area contributed by atoms with E-state index in [0.29, 0.717) is 44.0 Å². The second-order valence-electron chi connectivity index (χ2n) is 11.7. The molecule has 2 aliphatic heterocycles. The molecule has 230 valence electrons. The fourth-order valence-electron chi connectivity index (χ4n) is 6.55. The van der Waals surface area contributed by atoms with E-state index in [-0.39, 0.29) is 33.8 Å². The number of fused-ring (bicyclic) bond motifs is 2. The maximum atomic E-state index is 16.3. The Morgan fingerprint density at radius 1 is 1.07 bits per heavy atom. The number of nitrogens with two attached hydrogens (primary N) is 1. The average Bonchev–Trinajstić information content (AvgIpc) is 3.25. The van der Waals surface area contributed by atoms with Gasteiger partial charge in [-0.05, 0) is 80.8 Å². The largest absolute Gasteiger partial charge is 0.495 e. The average molecular weight is 626 g/mol. The lowest BCUT2D eigenvalue weighted by Gasteiger charge is -2.41. The van der Waals surface area contributed by atoms with Crippen LogP contribution >= 0.6 is 11.6 Å². The number of ether oxygens (including phenoxy) is 2. The molecule has 3 aliphatic rings. The van der Waals surface area contributed by atoms with Gasteiger partial charge in [0, 0.05) is 23.7 Å². The molecular weight excluding hydrogens is 588 g/mol. The quantitative estimate of drug-likeness (QED) is 0.374. The number of hydrogen-bond donors (Lipinski definition) is 2. The van der Waals surface area contributed by atoms with E-state index in [1.807, 2.05) is 0 Å². The zero-order valence-electron chi connectivity index (χ0n) is 23.6. The number of carbonyl (C=O) groups is 1. The predicted molar refractivity (Wildman–Crippen MR) is 155 cm³/mol. The molecule has 12 heteroatoms. The van der Waals surface area contributed by atoms with Crippen molar-refractivity contribution in [3.05, 3.63) is 53.1 Å². The van der Waals surface area contributed by atoms with Gasteiger partial charge in [-0.15, -0.1) is 0 Å². The van der Waals surface area contributed by atoms with Gasteiger partial charge in [0.05, 0.1) is 23.6 Å². The van der Waals surface area contributed by atoms with E-state index < -0.39 is 33.5 Å². The van der Waals surface area contributed by atoms with Crippen LogP contribution in [-0.2, 0) is 20.7 Å². The number of amides is 1. The van der Waals surface area contributed by atoms with Crippen LogP contribution in [0.3, 0.4) is 0 Å². The van der Waals surface area contributed by atoms with Gasteiger partial charge >= 0.3 is 0 Å². The number of nitrogens with one attached hydrogen (secondary N) is 1. The van der Waals surface area contributed by atoms with Crippen LogP contribution in [0.5, 0.6) is 11.5 Å². The van der Waals surface area contributed by atoms with Gasteiger partial charge in [-0.3, -0.25) is 4.79 Å². The number of rotatable bonds is 10. The summed E-state index contributed by atoms with van der Waals surface area (Å²) < 4.78 is 72.7. The standard InChI is InChI=1S/C30H38ClF2N3O5S/c1-40-27-15-20(7-14-26(27)31)30(32,33)28(29(37)36-22-8-9-23(36)17-21(34)16-22)35-42(38,39)25-12-10-24(11-13-25)41-18-19-5-3-2-4-6-19/h7,10-15,19,21-23,28,35H,2-6,8-9,16-18,34H2,1H3. The fraction of sp³-hybridized carbons (Fsp3) is 0.567. The number of methoxy groups -OCH3 is 1. The third kappa shape index (κ3) is 6.54. The molecule has 0 radical (unpaired) electrons. The zero-order chi connectivity index (χ0) is 30.1. The SMILES string of the molecule is COc1cc(C(F)(F)C(NS(=O)(=O)c2ccc(OCC3CCCCC3)cc2)C(=O)N2C3CCC2CC(N)C3)ccc1Cl. The highest BCUT2D eigenvalue weighted by molar-refractivity contribution is 7.89. The lowest BCUT2D eigenvalue weighted by molar-refractivity contribution is -0.149. The first-order valence-corrected chi connectivity index (χ1v) is 16.4. The highest BCUT2D eigenvalue weighted by Crippen LogP contribution is 2.41. The van der Waals surface area contributed by atoms with Gasteiger partial charge < -0.3 is 20.1 Å². The van der Waals surface area contributed by atoms with Gasteiger partial charge in [0.25, 0.3) is 5.92 Å². The first-order valence-electron chi connectivity index (χ1n) is 14.5. The predicted octanol–water partition coefficient (Wildman–Crippen LogP) is 5.23. The number of nitrogens with zero attached hydrogens (tertiary/aromatic N) is 1. The molecule has 2 aromatic carbocycles. The van der Waals surface area contributed by atoms with Gasteiger partial charge in [-0.25, -0.2) is 8.42 Å². The molecule has 5 rings (SSSR count). The minimum absolute atomic E-state index is 0.0178. The molecule has 1 saturated carbocycles.